The molecule has 2 N–H and O–H groups in total. The fraction of sp³-hybridized carbons (Fsp3) is 1.00. The molecule has 2 aliphatic rings. The minimum Gasteiger partial charge on any atom is -0.313 e. The lowest BCUT2D eigenvalue weighted by Crippen LogP contribution is -2.54. The lowest BCUT2D eigenvalue weighted by Gasteiger charge is -2.39. The van der Waals surface area contributed by atoms with Crippen molar-refractivity contribution in [2.45, 2.75) is 43.8 Å². The molecule has 2 nitrogen and oxygen atoms in total. The molecule has 0 saturated carbocycles. The number of rotatable bonds is 0. The molecule has 2 rings (SSSR count). The van der Waals surface area contributed by atoms with Crippen LogP contribution in [0.5, 0.6) is 0 Å². The summed E-state index contributed by atoms with van der Waals surface area (Å²) in [6.45, 7) is 0. The SMILES string of the molecule is CN1[C@@H]2CCC[C@@]1(N)CC2. The Hall–Kier alpha value is -0.0800. The highest BCUT2D eigenvalue weighted by molar-refractivity contribution is 4.98. The number of piperidine rings is 1. The quantitative estimate of drug-likeness (QED) is 0.542. The van der Waals surface area contributed by atoms with Crippen LogP contribution in [0.4, 0.5) is 0 Å². The van der Waals surface area contributed by atoms with Crippen LogP contribution in [-0.4, -0.2) is 23.7 Å². The third-order valence-corrected chi connectivity index (χ3v) is 3.31. The van der Waals surface area contributed by atoms with Gasteiger partial charge in [-0.15, -0.1) is 0 Å². The van der Waals surface area contributed by atoms with Crippen molar-refractivity contribution in [3.63, 3.8) is 0 Å². The summed E-state index contributed by atoms with van der Waals surface area (Å²) in [7, 11) is 2.18. The molecule has 2 fully saturated rings. The summed E-state index contributed by atoms with van der Waals surface area (Å²) in [6, 6.07) is 0.804. The summed E-state index contributed by atoms with van der Waals surface area (Å²) < 4.78 is 0. The van der Waals surface area contributed by atoms with E-state index < -0.39 is 0 Å². The minimum atomic E-state index is 0.0862. The Morgan fingerprint density at radius 1 is 1.40 bits per heavy atom. The van der Waals surface area contributed by atoms with E-state index in [1.54, 1.807) is 0 Å². The van der Waals surface area contributed by atoms with Crippen LogP contribution in [0.15, 0.2) is 0 Å². The van der Waals surface area contributed by atoms with Crippen LogP contribution in [0, 0.1) is 0 Å². The number of nitrogens with two attached hydrogens (primary N) is 1. The van der Waals surface area contributed by atoms with Crippen LogP contribution in [0.25, 0.3) is 0 Å². The number of hydrogen-bond acceptors (Lipinski definition) is 2. The van der Waals surface area contributed by atoms with E-state index in [1.165, 1.54) is 32.1 Å². The van der Waals surface area contributed by atoms with Gasteiger partial charge in [-0.2, -0.15) is 0 Å². The van der Waals surface area contributed by atoms with Gasteiger partial charge in [0.15, 0.2) is 0 Å². The molecule has 0 aromatic heterocycles. The van der Waals surface area contributed by atoms with Gasteiger partial charge in [-0.1, -0.05) is 0 Å². The molecule has 0 amide bonds. The Kier molecular flexibility index (Phi) is 1.29. The van der Waals surface area contributed by atoms with Crippen molar-refractivity contribution in [1.29, 1.82) is 0 Å². The summed E-state index contributed by atoms with van der Waals surface area (Å²) in [5.74, 6) is 0. The van der Waals surface area contributed by atoms with Crippen LogP contribution >= 0.6 is 0 Å². The highest BCUT2D eigenvalue weighted by Gasteiger charge is 2.43. The Morgan fingerprint density at radius 2 is 2.20 bits per heavy atom. The zero-order valence-electron chi connectivity index (χ0n) is 6.64. The van der Waals surface area contributed by atoms with Crippen molar-refractivity contribution in [2.24, 2.45) is 5.73 Å². The highest BCUT2D eigenvalue weighted by Crippen LogP contribution is 2.38. The van der Waals surface area contributed by atoms with Gasteiger partial charge in [0, 0.05) is 6.04 Å². The first-order chi connectivity index (χ1) is 4.72. The van der Waals surface area contributed by atoms with E-state index in [-0.39, 0.29) is 5.66 Å². The second-order valence-corrected chi connectivity index (χ2v) is 3.80. The Labute approximate surface area is 62.4 Å². The van der Waals surface area contributed by atoms with Gasteiger partial charge >= 0.3 is 0 Å². The van der Waals surface area contributed by atoms with Crippen molar-refractivity contribution in [3.05, 3.63) is 0 Å². The molecule has 0 radical (unpaired) electrons. The number of hydrogen-bond donors (Lipinski definition) is 1. The molecule has 2 saturated heterocycles. The van der Waals surface area contributed by atoms with Crippen LogP contribution in [0.2, 0.25) is 0 Å². The van der Waals surface area contributed by atoms with Gasteiger partial charge < -0.3 is 5.73 Å². The second-order valence-electron chi connectivity index (χ2n) is 3.80. The van der Waals surface area contributed by atoms with Crippen LogP contribution in [-0.2, 0) is 0 Å². The van der Waals surface area contributed by atoms with Gasteiger partial charge in [0.05, 0.1) is 5.66 Å². The molecule has 2 heteroatoms. The number of nitrogens with zero attached hydrogens (tertiary/aromatic N) is 1. The lowest BCUT2D eigenvalue weighted by atomic mass is 9.99. The van der Waals surface area contributed by atoms with Crippen molar-refractivity contribution in [1.82, 2.24) is 4.90 Å². The fourth-order valence-electron chi connectivity index (χ4n) is 2.43. The minimum absolute atomic E-state index is 0.0862. The highest BCUT2D eigenvalue weighted by atomic mass is 15.3. The zero-order valence-corrected chi connectivity index (χ0v) is 6.64. The average Bonchev–Trinajstić information content (AvgIpc) is 2.18. The third-order valence-electron chi connectivity index (χ3n) is 3.31. The predicted molar refractivity (Wildman–Crippen MR) is 41.6 cm³/mol. The summed E-state index contributed by atoms with van der Waals surface area (Å²) in [6.07, 6.45) is 6.46. The number of fused-ring (bicyclic) bond motifs is 2. The van der Waals surface area contributed by atoms with E-state index >= 15 is 0 Å². The maximum atomic E-state index is 6.17. The van der Waals surface area contributed by atoms with Gasteiger partial charge in [0.25, 0.3) is 0 Å². The maximum absolute atomic E-state index is 6.17. The van der Waals surface area contributed by atoms with Crippen LogP contribution in [0.3, 0.4) is 0 Å². The molecule has 10 heavy (non-hydrogen) atoms. The van der Waals surface area contributed by atoms with Crippen molar-refractivity contribution < 1.29 is 0 Å². The molecule has 2 bridgehead atoms. The van der Waals surface area contributed by atoms with Crippen molar-refractivity contribution in [3.8, 4) is 0 Å². The molecule has 0 aliphatic carbocycles. The Bertz CT molecular complexity index is 142. The van der Waals surface area contributed by atoms with Gasteiger partial charge in [0.1, 0.15) is 0 Å². The zero-order chi connectivity index (χ0) is 7.19. The van der Waals surface area contributed by atoms with Crippen LogP contribution in [0.1, 0.15) is 32.1 Å². The van der Waals surface area contributed by atoms with Gasteiger partial charge in [-0.05, 0) is 39.2 Å². The standard InChI is InChI=1S/C8H16N2/c1-10-7-3-2-5-8(10,9)6-4-7/h7H,2-6,9H2,1H3/t7-,8+/m1/s1. The first-order valence-corrected chi connectivity index (χ1v) is 4.24. The van der Waals surface area contributed by atoms with E-state index in [1.807, 2.05) is 0 Å². The fourth-order valence-corrected chi connectivity index (χ4v) is 2.43. The summed E-state index contributed by atoms with van der Waals surface area (Å²) in [5, 5.41) is 0. The molecule has 0 aromatic rings. The van der Waals surface area contributed by atoms with E-state index in [2.05, 4.69) is 11.9 Å². The van der Waals surface area contributed by atoms with E-state index in [4.69, 9.17) is 5.73 Å². The molecule has 0 aromatic carbocycles. The van der Waals surface area contributed by atoms with E-state index in [9.17, 15) is 0 Å². The topological polar surface area (TPSA) is 29.3 Å². The third kappa shape index (κ3) is 0.722. The molecular formula is C8H16N2. The Balaban J connectivity index is 2.21. The molecule has 2 atom stereocenters. The largest absolute Gasteiger partial charge is 0.313 e. The van der Waals surface area contributed by atoms with E-state index in [0.717, 1.165) is 6.04 Å². The lowest BCUT2D eigenvalue weighted by molar-refractivity contribution is 0.0878. The monoisotopic (exact) mass is 140 g/mol. The predicted octanol–water partition coefficient (Wildman–Crippen LogP) is 0.919. The Morgan fingerprint density at radius 3 is 2.80 bits per heavy atom. The molecule has 0 unspecified atom stereocenters. The maximum Gasteiger partial charge on any atom is 0.0687 e. The summed E-state index contributed by atoms with van der Waals surface area (Å²) in [4.78, 5) is 2.39. The normalized spacial score (nSPS) is 48.0. The molecule has 0 spiro atoms. The molecule has 2 aliphatic heterocycles. The first-order valence-electron chi connectivity index (χ1n) is 4.24. The molecule has 58 valence electrons. The molecule has 2 heterocycles. The van der Waals surface area contributed by atoms with Gasteiger partial charge in [-0.3, -0.25) is 4.90 Å². The first kappa shape index (κ1) is 6.62. The van der Waals surface area contributed by atoms with Gasteiger partial charge in [0.2, 0.25) is 0 Å². The second kappa shape index (κ2) is 1.95. The smallest absolute Gasteiger partial charge is 0.0687 e. The van der Waals surface area contributed by atoms with Crippen molar-refractivity contribution in [2.75, 3.05) is 7.05 Å². The van der Waals surface area contributed by atoms with Crippen molar-refractivity contribution >= 4 is 0 Å². The average molecular weight is 140 g/mol. The van der Waals surface area contributed by atoms with Crippen LogP contribution < -0.4 is 5.73 Å². The van der Waals surface area contributed by atoms with Gasteiger partial charge in [-0.25, -0.2) is 0 Å². The summed E-state index contributed by atoms with van der Waals surface area (Å²) >= 11 is 0. The molecular weight excluding hydrogens is 124 g/mol. The summed E-state index contributed by atoms with van der Waals surface area (Å²) in [5.41, 5.74) is 6.26. The van der Waals surface area contributed by atoms with E-state index in [0.29, 0.717) is 0 Å².